The molecule has 0 aliphatic carbocycles. The van der Waals surface area contributed by atoms with Gasteiger partial charge in [0.05, 0.1) is 15.2 Å². The highest BCUT2D eigenvalue weighted by molar-refractivity contribution is 9.10. The molecule has 1 aromatic heterocycles. The Balaban J connectivity index is 2.09. The first-order valence-corrected chi connectivity index (χ1v) is 7.24. The molecule has 1 aromatic carbocycles. The van der Waals surface area contributed by atoms with Crippen molar-refractivity contribution >= 4 is 33.3 Å². The van der Waals surface area contributed by atoms with Crippen LogP contribution in [0.4, 0.5) is 10.2 Å². The average molecular weight is 360 g/mol. The highest BCUT2D eigenvalue weighted by Gasteiger charge is 2.06. The van der Waals surface area contributed by atoms with E-state index in [1.807, 2.05) is 13.0 Å². The molecular weight excluding hydrogens is 347 g/mol. The number of aromatic nitrogens is 1. The lowest BCUT2D eigenvalue weighted by Crippen LogP contribution is -2.04. The number of rotatable bonds is 5. The van der Waals surface area contributed by atoms with E-state index in [-0.39, 0.29) is 12.4 Å². The fourth-order valence-electron chi connectivity index (χ4n) is 1.58. The van der Waals surface area contributed by atoms with Crippen molar-refractivity contribution in [2.45, 2.75) is 13.5 Å². The fourth-order valence-corrected chi connectivity index (χ4v) is 2.10. The van der Waals surface area contributed by atoms with Crippen molar-refractivity contribution in [1.29, 1.82) is 0 Å². The molecule has 0 aliphatic heterocycles. The largest absolute Gasteiger partial charge is 0.487 e. The zero-order valence-corrected chi connectivity index (χ0v) is 13.1. The van der Waals surface area contributed by atoms with E-state index in [2.05, 4.69) is 26.2 Å². The van der Waals surface area contributed by atoms with E-state index < -0.39 is 0 Å². The van der Waals surface area contributed by atoms with Gasteiger partial charge in [-0.2, -0.15) is 0 Å². The maximum atomic E-state index is 13.1. The van der Waals surface area contributed by atoms with E-state index in [0.29, 0.717) is 20.9 Å². The smallest absolute Gasteiger partial charge is 0.137 e. The SMILES string of the molecule is CCNc1ccc(Cl)c(COc2ccc(F)c(Br)c2)n1. The lowest BCUT2D eigenvalue weighted by atomic mass is 10.3. The van der Waals surface area contributed by atoms with E-state index >= 15 is 0 Å². The second kappa shape index (κ2) is 6.90. The quantitative estimate of drug-likeness (QED) is 0.844. The molecule has 0 saturated carbocycles. The van der Waals surface area contributed by atoms with Gasteiger partial charge in [-0.05, 0) is 53.2 Å². The predicted octanol–water partition coefficient (Wildman–Crippen LogP) is 4.65. The molecule has 0 spiro atoms. The van der Waals surface area contributed by atoms with Crippen LogP contribution in [-0.2, 0) is 6.61 Å². The zero-order valence-electron chi connectivity index (χ0n) is 10.8. The highest BCUT2D eigenvalue weighted by atomic mass is 79.9. The predicted molar refractivity (Wildman–Crippen MR) is 81.8 cm³/mol. The molecule has 2 aromatic rings. The highest BCUT2D eigenvalue weighted by Crippen LogP contribution is 2.23. The number of nitrogens with zero attached hydrogens (tertiary/aromatic N) is 1. The van der Waals surface area contributed by atoms with Gasteiger partial charge in [-0.25, -0.2) is 9.37 Å². The Morgan fingerprint density at radius 1 is 1.35 bits per heavy atom. The molecular formula is C14H13BrClFN2O. The number of hydrogen-bond acceptors (Lipinski definition) is 3. The van der Waals surface area contributed by atoms with Crippen LogP contribution >= 0.6 is 27.5 Å². The number of pyridine rings is 1. The molecule has 0 unspecified atom stereocenters. The second-order valence-corrected chi connectivity index (χ2v) is 5.28. The van der Waals surface area contributed by atoms with E-state index in [1.54, 1.807) is 18.2 Å². The molecule has 1 heterocycles. The maximum Gasteiger partial charge on any atom is 0.137 e. The van der Waals surface area contributed by atoms with Gasteiger partial charge in [0.15, 0.2) is 0 Å². The summed E-state index contributed by atoms with van der Waals surface area (Å²) >= 11 is 9.19. The van der Waals surface area contributed by atoms with Crippen LogP contribution in [-0.4, -0.2) is 11.5 Å². The molecule has 6 heteroatoms. The topological polar surface area (TPSA) is 34.1 Å². The Morgan fingerprint density at radius 2 is 2.15 bits per heavy atom. The van der Waals surface area contributed by atoms with Crippen molar-refractivity contribution < 1.29 is 9.13 Å². The number of nitrogens with one attached hydrogen (secondary N) is 1. The minimum atomic E-state index is -0.331. The van der Waals surface area contributed by atoms with E-state index in [4.69, 9.17) is 16.3 Å². The zero-order chi connectivity index (χ0) is 14.5. The van der Waals surface area contributed by atoms with E-state index in [9.17, 15) is 4.39 Å². The van der Waals surface area contributed by atoms with Crippen LogP contribution in [0.5, 0.6) is 5.75 Å². The summed E-state index contributed by atoms with van der Waals surface area (Å²) in [6.07, 6.45) is 0. The van der Waals surface area contributed by atoms with Crippen LogP contribution in [0.3, 0.4) is 0 Å². The number of halogens is 3. The first-order chi connectivity index (χ1) is 9.60. The van der Waals surface area contributed by atoms with Gasteiger partial charge in [0.2, 0.25) is 0 Å². The number of benzene rings is 1. The average Bonchev–Trinajstić information content (AvgIpc) is 2.43. The van der Waals surface area contributed by atoms with Crippen LogP contribution in [0.2, 0.25) is 5.02 Å². The monoisotopic (exact) mass is 358 g/mol. The third-order valence-corrected chi connectivity index (χ3v) is 3.49. The van der Waals surface area contributed by atoms with Crippen LogP contribution in [0.1, 0.15) is 12.6 Å². The third-order valence-electron chi connectivity index (χ3n) is 2.54. The third kappa shape index (κ3) is 3.84. The van der Waals surface area contributed by atoms with Crippen molar-refractivity contribution in [2.75, 3.05) is 11.9 Å². The molecule has 20 heavy (non-hydrogen) atoms. The molecule has 0 saturated heterocycles. The van der Waals surface area contributed by atoms with Crippen molar-refractivity contribution in [2.24, 2.45) is 0 Å². The van der Waals surface area contributed by atoms with Crippen LogP contribution in [0.15, 0.2) is 34.8 Å². The number of ether oxygens (including phenoxy) is 1. The van der Waals surface area contributed by atoms with Crippen molar-refractivity contribution in [3.8, 4) is 5.75 Å². The lowest BCUT2D eigenvalue weighted by Gasteiger charge is -2.10. The first-order valence-electron chi connectivity index (χ1n) is 6.07. The Hall–Kier alpha value is -1.33. The Kier molecular flexibility index (Phi) is 5.20. The first kappa shape index (κ1) is 15.1. The van der Waals surface area contributed by atoms with Gasteiger partial charge in [0.1, 0.15) is 24.0 Å². The molecule has 0 bridgehead atoms. The van der Waals surface area contributed by atoms with Crippen LogP contribution in [0, 0.1) is 5.82 Å². The van der Waals surface area contributed by atoms with E-state index in [1.165, 1.54) is 6.07 Å². The molecule has 3 nitrogen and oxygen atoms in total. The van der Waals surface area contributed by atoms with E-state index in [0.717, 1.165) is 12.4 Å². The van der Waals surface area contributed by atoms with Gasteiger partial charge in [0.25, 0.3) is 0 Å². The second-order valence-electron chi connectivity index (χ2n) is 4.02. The summed E-state index contributed by atoms with van der Waals surface area (Å²) in [4.78, 5) is 4.36. The summed E-state index contributed by atoms with van der Waals surface area (Å²) in [5, 5.41) is 3.64. The minimum absolute atomic E-state index is 0.218. The van der Waals surface area contributed by atoms with Crippen molar-refractivity contribution in [1.82, 2.24) is 4.98 Å². The summed E-state index contributed by atoms with van der Waals surface area (Å²) in [6, 6.07) is 8.04. The Bertz CT molecular complexity index is 610. The summed E-state index contributed by atoms with van der Waals surface area (Å²) in [6.45, 7) is 2.98. The van der Waals surface area contributed by atoms with Crippen LogP contribution in [0.25, 0.3) is 0 Å². The van der Waals surface area contributed by atoms with Gasteiger partial charge in [-0.3, -0.25) is 0 Å². The summed E-state index contributed by atoms with van der Waals surface area (Å²) in [5.74, 6) is 0.962. The minimum Gasteiger partial charge on any atom is -0.487 e. The summed E-state index contributed by atoms with van der Waals surface area (Å²) in [5.41, 5.74) is 0.630. The fraction of sp³-hybridized carbons (Fsp3) is 0.214. The normalized spacial score (nSPS) is 10.4. The molecule has 1 N–H and O–H groups in total. The van der Waals surface area contributed by atoms with Gasteiger partial charge in [-0.15, -0.1) is 0 Å². The Morgan fingerprint density at radius 3 is 2.85 bits per heavy atom. The summed E-state index contributed by atoms with van der Waals surface area (Å²) < 4.78 is 19.0. The van der Waals surface area contributed by atoms with Crippen molar-refractivity contribution in [3.63, 3.8) is 0 Å². The molecule has 2 rings (SSSR count). The van der Waals surface area contributed by atoms with Crippen molar-refractivity contribution in [3.05, 3.63) is 51.3 Å². The lowest BCUT2D eigenvalue weighted by molar-refractivity contribution is 0.301. The van der Waals surface area contributed by atoms with Gasteiger partial charge in [0, 0.05) is 6.54 Å². The molecule has 0 radical (unpaired) electrons. The number of anilines is 1. The standard InChI is InChI=1S/C14H13BrClFN2O/c1-2-18-14-6-4-11(16)13(19-14)8-20-9-3-5-12(17)10(15)7-9/h3-7H,2,8H2,1H3,(H,18,19). The molecule has 0 aliphatic rings. The molecule has 0 amide bonds. The maximum absolute atomic E-state index is 13.1. The number of hydrogen-bond donors (Lipinski definition) is 1. The van der Waals surface area contributed by atoms with Gasteiger partial charge < -0.3 is 10.1 Å². The molecule has 0 atom stereocenters. The molecule has 106 valence electrons. The summed E-state index contributed by atoms with van der Waals surface area (Å²) in [7, 11) is 0. The van der Waals surface area contributed by atoms with Gasteiger partial charge >= 0.3 is 0 Å². The Labute approximate surface area is 130 Å². The van der Waals surface area contributed by atoms with Gasteiger partial charge in [-0.1, -0.05) is 11.6 Å². The van der Waals surface area contributed by atoms with Crippen LogP contribution < -0.4 is 10.1 Å². The molecule has 0 fully saturated rings.